The van der Waals surface area contributed by atoms with Gasteiger partial charge in [0.25, 0.3) is 5.89 Å². The number of benzene rings is 1. The van der Waals surface area contributed by atoms with Gasteiger partial charge in [-0.3, -0.25) is 10.1 Å². The number of hydrogen-bond acceptors (Lipinski definition) is 5. The van der Waals surface area contributed by atoms with Gasteiger partial charge in [0, 0.05) is 5.02 Å². The minimum atomic E-state index is -0.262. The Morgan fingerprint density at radius 3 is 2.82 bits per heavy atom. The summed E-state index contributed by atoms with van der Waals surface area (Å²) in [5.74, 6) is 0.0524. The van der Waals surface area contributed by atoms with Gasteiger partial charge in [0.15, 0.2) is 0 Å². The molecule has 0 radical (unpaired) electrons. The van der Waals surface area contributed by atoms with Crippen LogP contribution >= 0.6 is 34.5 Å². The number of hydrogen-bond donors (Lipinski definition) is 1. The van der Waals surface area contributed by atoms with Crippen molar-refractivity contribution in [1.82, 2.24) is 10.2 Å². The average molecular weight is 354 g/mol. The smallest absolute Gasteiger partial charge is 0.322 e. The summed E-state index contributed by atoms with van der Waals surface area (Å²) in [5.41, 5.74) is 0.801. The molecule has 0 bridgehead atoms. The van der Waals surface area contributed by atoms with Gasteiger partial charge in [-0.25, -0.2) is 0 Å². The van der Waals surface area contributed by atoms with Crippen molar-refractivity contribution in [2.45, 2.75) is 6.42 Å². The van der Waals surface area contributed by atoms with Crippen LogP contribution in [0.5, 0.6) is 0 Å². The predicted molar refractivity (Wildman–Crippen MR) is 86.4 cm³/mol. The largest absolute Gasteiger partial charge is 0.402 e. The van der Waals surface area contributed by atoms with Crippen LogP contribution in [0.4, 0.5) is 6.01 Å². The van der Waals surface area contributed by atoms with Crippen molar-refractivity contribution >= 4 is 46.5 Å². The lowest BCUT2D eigenvalue weighted by Gasteiger charge is -2.01. The number of anilines is 1. The summed E-state index contributed by atoms with van der Waals surface area (Å²) in [6.45, 7) is 0. The number of nitrogens with zero attached hydrogens (tertiary/aromatic N) is 2. The van der Waals surface area contributed by atoms with Gasteiger partial charge in [-0.15, -0.1) is 16.4 Å². The van der Waals surface area contributed by atoms with Crippen molar-refractivity contribution in [3.8, 4) is 10.8 Å². The number of halogens is 2. The van der Waals surface area contributed by atoms with Gasteiger partial charge in [0.1, 0.15) is 0 Å². The van der Waals surface area contributed by atoms with E-state index in [0.29, 0.717) is 15.2 Å². The number of thiophene rings is 1. The van der Waals surface area contributed by atoms with E-state index in [0.717, 1.165) is 10.4 Å². The van der Waals surface area contributed by atoms with E-state index in [1.54, 1.807) is 30.3 Å². The molecule has 1 aromatic carbocycles. The van der Waals surface area contributed by atoms with Gasteiger partial charge in [-0.05, 0) is 29.8 Å². The highest BCUT2D eigenvalue weighted by atomic mass is 35.5. The van der Waals surface area contributed by atoms with Crippen molar-refractivity contribution in [3.05, 3.63) is 51.3 Å². The third-order valence-corrected chi connectivity index (χ3v) is 4.16. The molecule has 1 amide bonds. The third-order valence-electron chi connectivity index (χ3n) is 2.71. The quantitative estimate of drug-likeness (QED) is 0.759. The number of carbonyl (C=O) groups is 1. The zero-order valence-corrected chi connectivity index (χ0v) is 13.4. The van der Waals surface area contributed by atoms with E-state index in [2.05, 4.69) is 15.5 Å². The first-order valence-corrected chi connectivity index (χ1v) is 7.81. The fourth-order valence-corrected chi connectivity index (χ4v) is 2.98. The van der Waals surface area contributed by atoms with Crippen molar-refractivity contribution in [2.75, 3.05) is 5.32 Å². The summed E-state index contributed by atoms with van der Waals surface area (Å²) in [7, 11) is 0. The molecule has 0 aliphatic rings. The van der Waals surface area contributed by atoms with E-state index in [-0.39, 0.29) is 18.3 Å². The molecule has 5 nitrogen and oxygen atoms in total. The lowest BCUT2D eigenvalue weighted by molar-refractivity contribution is -0.115. The highest BCUT2D eigenvalue weighted by Crippen LogP contribution is 2.30. The van der Waals surface area contributed by atoms with Crippen LogP contribution in [0.1, 0.15) is 5.56 Å². The molecule has 0 aliphatic carbocycles. The molecule has 0 atom stereocenters. The van der Waals surface area contributed by atoms with Crippen molar-refractivity contribution in [2.24, 2.45) is 0 Å². The predicted octanol–water partition coefficient (Wildman–Crippen LogP) is 4.29. The van der Waals surface area contributed by atoms with E-state index in [4.69, 9.17) is 27.6 Å². The second-order valence-corrected chi connectivity index (χ2v) is 6.52. The summed E-state index contributed by atoms with van der Waals surface area (Å²) in [6.07, 6.45) is 0.170. The molecule has 0 saturated heterocycles. The van der Waals surface area contributed by atoms with Crippen molar-refractivity contribution in [1.29, 1.82) is 0 Å². The molecule has 3 rings (SSSR count). The zero-order chi connectivity index (χ0) is 15.5. The normalized spacial score (nSPS) is 10.6. The van der Waals surface area contributed by atoms with E-state index >= 15 is 0 Å². The first-order chi connectivity index (χ1) is 10.6. The van der Waals surface area contributed by atoms with Gasteiger partial charge < -0.3 is 4.42 Å². The second-order valence-electron chi connectivity index (χ2n) is 4.37. The second kappa shape index (κ2) is 6.48. The van der Waals surface area contributed by atoms with Crippen LogP contribution in [0.25, 0.3) is 10.8 Å². The molecule has 22 heavy (non-hydrogen) atoms. The van der Waals surface area contributed by atoms with Crippen LogP contribution < -0.4 is 5.32 Å². The molecule has 1 N–H and O–H groups in total. The van der Waals surface area contributed by atoms with E-state index in [1.165, 1.54) is 11.3 Å². The minimum absolute atomic E-state index is 0.0477. The van der Waals surface area contributed by atoms with E-state index in [1.807, 2.05) is 6.07 Å². The monoisotopic (exact) mass is 353 g/mol. The Morgan fingerprint density at radius 1 is 1.23 bits per heavy atom. The lowest BCUT2D eigenvalue weighted by Crippen LogP contribution is -2.14. The molecule has 0 aliphatic heterocycles. The molecular weight excluding hydrogens is 345 g/mol. The molecule has 3 aromatic rings. The number of carbonyl (C=O) groups excluding carboxylic acids is 1. The minimum Gasteiger partial charge on any atom is -0.402 e. The van der Waals surface area contributed by atoms with Crippen LogP contribution in [0.2, 0.25) is 9.36 Å². The topological polar surface area (TPSA) is 68.0 Å². The maximum atomic E-state index is 11.9. The highest BCUT2D eigenvalue weighted by Gasteiger charge is 2.13. The van der Waals surface area contributed by atoms with Crippen LogP contribution in [0, 0.1) is 0 Å². The lowest BCUT2D eigenvalue weighted by atomic mass is 10.1. The summed E-state index contributed by atoms with van der Waals surface area (Å²) in [5, 5.41) is 10.8. The molecule has 0 saturated carbocycles. The Labute approximate surface area is 139 Å². The molecule has 2 heterocycles. The number of aromatic nitrogens is 2. The summed E-state index contributed by atoms with van der Waals surface area (Å²) < 4.78 is 6.01. The van der Waals surface area contributed by atoms with Crippen LogP contribution in [-0.4, -0.2) is 16.1 Å². The van der Waals surface area contributed by atoms with E-state index < -0.39 is 0 Å². The first-order valence-electron chi connectivity index (χ1n) is 6.23. The van der Waals surface area contributed by atoms with Crippen LogP contribution in [0.3, 0.4) is 0 Å². The standard InChI is InChI=1S/C14H9Cl2N3O2S/c15-9-3-1-2-8(6-9)7-12(20)17-14-19-18-13(21-14)10-4-5-11(16)22-10/h1-6H,7H2,(H,17,19,20). The number of nitrogens with one attached hydrogen (secondary N) is 1. The fourth-order valence-electron chi connectivity index (χ4n) is 1.80. The number of rotatable bonds is 4. The molecule has 8 heteroatoms. The van der Waals surface area contributed by atoms with E-state index in [9.17, 15) is 4.79 Å². The molecule has 0 spiro atoms. The van der Waals surface area contributed by atoms with Gasteiger partial charge in [-0.1, -0.05) is 40.4 Å². The molecule has 0 fully saturated rings. The molecular formula is C14H9Cl2N3O2S. The number of amides is 1. The molecule has 0 unspecified atom stereocenters. The highest BCUT2D eigenvalue weighted by molar-refractivity contribution is 7.19. The molecule has 112 valence electrons. The maximum absolute atomic E-state index is 11.9. The Kier molecular flexibility index (Phi) is 4.42. The average Bonchev–Trinajstić information content (AvgIpc) is 3.07. The van der Waals surface area contributed by atoms with Crippen molar-refractivity contribution in [3.63, 3.8) is 0 Å². The van der Waals surface area contributed by atoms with Crippen LogP contribution in [-0.2, 0) is 11.2 Å². The summed E-state index contributed by atoms with van der Waals surface area (Å²) in [6, 6.07) is 10.6. The SMILES string of the molecule is O=C(Cc1cccc(Cl)c1)Nc1nnc(-c2ccc(Cl)s2)o1. The maximum Gasteiger partial charge on any atom is 0.322 e. The fraction of sp³-hybridized carbons (Fsp3) is 0.0714. The Morgan fingerprint density at radius 2 is 2.09 bits per heavy atom. The Bertz CT molecular complexity index is 816. The van der Waals surface area contributed by atoms with Gasteiger partial charge in [0.05, 0.1) is 15.6 Å². The van der Waals surface area contributed by atoms with Gasteiger partial charge >= 0.3 is 6.01 Å². The Balaban J connectivity index is 1.66. The zero-order valence-electron chi connectivity index (χ0n) is 11.0. The summed E-state index contributed by atoms with van der Waals surface area (Å²) in [4.78, 5) is 12.7. The summed E-state index contributed by atoms with van der Waals surface area (Å²) >= 11 is 13.1. The third kappa shape index (κ3) is 3.65. The van der Waals surface area contributed by atoms with Crippen LogP contribution in [0.15, 0.2) is 40.8 Å². The molecule has 2 aromatic heterocycles. The van der Waals surface area contributed by atoms with Gasteiger partial charge in [-0.2, -0.15) is 0 Å². The van der Waals surface area contributed by atoms with Gasteiger partial charge in [0.2, 0.25) is 5.91 Å². The Hall–Kier alpha value is -1.89. The van der Waals surface area contributed by atoms with Crippen molar-refractivity contribution < 1.29 is 9.21 Å². The first kappa shape index (κ1) is 15.0.